The second kappa shape index (κ2) is 4.90. The lowest BCUT2D eigenvalue weighted by atomic mass is 10.2. The molecule has 0 saturated heterocycles. The van der Waals surface area contributed by atoms with E-state index in [1.54, 1.807) is 17.4 Å². The molecule has 4 heteroatoms. The predicted molar refractivity (Wildman–Crippen MR) is 76.6 cm³/mol. The highest BCUT2D eigenvalue weighted by Crippen LogP contribution is 2.22. The van der Waals surface area contributed by atoms with Crippen LogP contribution in [0.5, 0.6) is 0 Å². The lowest BCUT2D eigenvalue weighted by Crippen LogP contribution is -2.06. The number of fused-ring (bicyclic) bond motifs is 1. The summed E-state index contributed by atoms with van der Waals surface area (Å²) in [6.07, 6.45) is 0.315. The molecule has 0 N–H and O–H groups in total. The fourth-order valence-electron chi connectivity index (χ4n) is 1.92. The summed E-state index contributed by atoms with van der Waals surface area (Å²) in [5.74, 6) is 0.0164. The van der Waals surface area contributed by atoms with Gasteiger partial charge in [-0.05, 0) is 31.2 Å². The van der Waals surface area contributed by atoms with Crippen LogP contribution >= 0.6 is 11.3 Å². The Morgan fingerprint density at radius 3 is 2.74 bits per heavy atom. The van der Waals surface area contributed by atoms with Crippen LogP contribution in [0.4, 0.5) is 0 Å². The van der Waals surface area contributed by atoms with Crippen molar-refractivity contribution in [2.45, 2.75) is 13.3 Å². The van der Waals surface area contributed by atoms with Gasteiger partial charge in [0.1, 0.15) is 10.7 Å². The van der Waals surface area contributed by atoms with Gasteiger partial charge in [-0.2, -0.15) is 0 Å². The number of benzene rings is 1. The Morgan fingerprint density at radius 2 is 1.95 bits per heavy atom. The molecule has 0 saturated carbocycles. The Morgan fingerprint density at radius 1 is 1.11 bits per heavy atom. The molecule has 0 aliphatic rings. The highest BCUT2D eigenvalue weighted by molar-refractivity contribution is 7.18. The summed E-state index contributed by atoms with van der Waals surface area (Å²) in [6, 6.07) is 13.4. The average molecular weight is 268 g/mol. The van der Waals surface area contributed by atoms with Crippen molar-refractivity contribution in [3.8, 4) is 0 Å². The number of hydrogen-bond donors (Lipinski definition) is 0. The predicted octanol–water partition coefficient (Wildman–Crippen LogP) is 3.43. The van der Waals surface area contributed by atoms with Gasteiger partial charge in [-0.1, -0.05) is 18.2 Å². The lowest BCUT2D eigenvalue weighted by Gasteiger charge is -1.98. The van der Waals surface area contributed by atoms with Crippen molar-refractivity contribution in [2.24, 2.45) is 0 Å². The molecule has 0 bridgehead atoms. The van der Waals surface area contributed by atoms with Crippen molar-refractivity contribution in [3.63, 3.8) is 0 Å². The molecule has 0 amide bonds. The number of carbonyl (C=O) groups excluding carboxylic acids is 1. The van der Waals surface area contributed by atoms with Crippen LogP contribution in [-0.2, 0) is 6.42 Å². The number of aromatic nitrogens is 2. The van der Waals surface area contributed by atoms with Gasteiger partial charge in [-0.25, -0.2) is 4.98 Å². The van der Waals surface area contributed by atoms with E-state index in [0.717, 1.165) is 20.9 Å². The first-order valence-electron chi connectivity index (χ1n) is 6.04. The molecular formula is C15H12N2OS. The van der Waals surface area contributed by atoms with E-state index in [2.05, 4.69) is 9.97 Å². The lowest BCUT2D eigenvalue weighted by molar-refractivity contribution is 0.0988. The Hall–Kier alpha value is -2.07. The summed E-state index contributed by atoms with van der Waals surface area (Å²) >= 11 is 1.56. The van der Waals surface area contributed by atoms with Crippen molar-refractivity contribution >= 4 is 27.3 Å². The smallest absolute Gasteiger partial charge is 0.187 e. The van der Waals surface area contributed by atoms with Gasteiger partial charge >= 0.3 is 0 Å². The summed E-state index contributed by atoms with van der Waals surface area (Å²) in [7, 11) is 0. The first-order valence-corrected chi connectivity index (χ1v) is 6.85. The maximum atomic E-state index is 12.1. The van der Waals surface area contributed by atoms with Crippen molar-refractivity contribution in [1.29, 1.82) is 0 Å². The summed E-state index contributed by atoms with van der Waals surface area (Å²) in [4.78, 5) is 20.9. The molecule has 0 fully saturated rings. The van der Waals surface area contributed by atoms with Gasteiger partial charge in [0, 0.05) is 5.69 Å². The van der Waals surface area contributed by atoms with Crippen LogP contribution in [0, 0.1) is 6.92 Å². The van der Waals surface area contributed by atoms with Crippen molar-refractivity contribution < 1.29 is 4.79 Å². The van der Waals surface area contributed by atoms with Crippen molar-refractivity contribution in [1.82, 2.24) is 9.97 Å². The zero-order valence-corrected chi connectivity index (χ0v) is 11.3. The number of thiazole rings is 1. The molecule has 0 atom stereocenters. The summed E-state index contributed by atoms with van der Waals surface area (Å²) < 4.78 is 1.11. The maximum absolute atomic E-state index is 12.1. The number of nitrogens with zero attached hydrogens (tertiary/aromatic N) is 2. The molecule has 94 valence electrons. The van der Waals surface area contributed by atoms with E-state index in [1.165, 1.54) is 0 Å². The molecule has 0 radical (unpaired) electrons. The van der Waals surface area contributed by atoms with Gasteiger partial charge < -0.3 is 0 Å². The molecule has 2 aromatic heterocycles. The third-order valence-electron chi connectivity index (χ3n) is 2.82. The maximum Gasteiger partial charge on any atom is 0.187 e. The highest BCUT2D eigenvalue weighted by Gasteiger charge is 2.12. The van der Waals surface area contributed by atoms with Gasteiger partial charge in [0.15, 0.2) is 5.78 Å². The summed E-state index contributed by atoms with van der Waals surface area (Å²) in [5.41, 5.74) is 2.32. The normalized spacial score (nSPS) is 10.8. The SMILES string of the molecule is Cc1cccc(C(=O)Cc2nc3ccccc3s2)n1. The molecule has 0 aliphatic carbocycles. The van der Waals surface area contributed by atoms with E-state index in [0.29, 0.717) is 12.1 Å². The van der Waals surface area contributed by atoms with Gasteiger partial charge in [0.05, 0.1) is 16.6 Å². The number of carbonyl (C=O) groups is 1. The Bertz CT molecular complexity index is 715. The fourth-order valence-corrected chi connectivity index (χ4v) is 2.89. The molecule has 3 rings (SSSR count). The number of ketones is 1. The molecule has 2 heterocycles. The summed E-state index contributed by atoms with van der Waals surface area (Å²) in [5, 5.41) is 0.842. The number of para-hydroxylation sites is 1. The van der Waals surface area contributed by atoms with E-state index in [4.69, 9.17) is 0 Å². The minimum atomic E-state index is 0.0164. The molecule has 3 nitrogen and oxygen atoms in total. The van der Waals surface area contributed by atoms with Crippen LogP contribution < -0.4 is 0 Å². The first-order chi connectivity index (χ1) is 9.22. The largest absolute Gasteiger partial charge is 0.292 e. The third-order valence-corrected chi connectivity index (χ3v) is 3.86. The zero-order valence-electron chi connectivity index (χ0n) is 10.5. The molecule has 0 unspecified atom stereocenters. The van der Waals surface area contributed by atoms with Crippen LogP contribution in [0.25, 0.3) is 10.2 Å². The van der Waals surface area contributed by atoms with Crippen LogP contribution in [0.15, 0.2) is 42.5 Å². The molecule has 0 aliphatic heterocycles. The second-order valence-corrected chi connectivity index (χ2v) is 5.45. The Kier molecular flexibility index (Phi) is 3.09. The number of hydrogen-bond acceptors (Lipinski definition) is 4. The minimum absolute atomic E-state index is 0.0164. The number of pyridine rings is 1. The van der Waals surface area contributed by atoms with E-state index < -0.39 is 0 Å². The highest BCUT2D eigenvalue weighted by atomic mass is 32.1. The van der Waals surface area contributed by atoms with Crippen LogP contribution in [0.2, 0.25) is 0 Å². The second-order valence-electron chi connectivity index (χ2n) is 4.34. The molecule has 1 aromatic carbocycles. The van der Waals surface area contributed by atoms with Crippen molar-refractivity contribution in [3.05, 3.63) is 58.9 Å². The van der Waals surface area contributed by atoms with E-state index in [-0.39, 0.29) is 5.78 Å². The van der Waals surface area contributed by atoms with Crippen LogP contribution in [0.1, 0.15) is 21.2 Å². The third kappa shape index (κ3) is 2.53. The molecule has 0 spiro atoms. The quantitative estimate of drug-likeness (QED) is 0.683. The van der Waals surface area contributed by atoms with Gasteiger partial charge in [-0.3, -0.25) is 9.78 Å². The van der Waals surface area contributed by atoms with Gasteiger partial charge in [0.25, 0.3) is 0 Å². The number of aryl methyl sites for hydroxylation is 1. The summed E-state index contributed by atoms with van der Waals surface area (Å²) in [6.45, 7) is 1.88. The van der Waals surface area contributed by atoms with Crippen LogP contribution in [0.3, 0.4) is 0 Å². The Balaban J connectivity index is 1.86. The van der Waals surface area contributed by atoms with Crippen LogP contribution in [-0.4, -0.2) is 15.8 Å². The zero-order chi connectivity index (χ0) is 13.2. The Labute approximate surface area is 115 Å². The van der Waals surface area contributed by atoms with Crippen molar-refractivity contribution in [2.75, 3.05) is 0 Å². The fraction of sp³-hybridized carbons (Fsp3) is 0.133. The van der Waals surface area contributed by atoms with Gasteiger partial charge in [-0.15, -0.1) is 11.3 Å². The van der Waals surface area contributed by atoms with Gasteiger partial charge in [0.2, 0.25) is 0 Å². The molecular weight excluding hydrogens is 256 g/mol. The minimum Gasteiger partial charge on any atom is -0.292 e. The van der Waals surface area contributed by atoms with E-state index in [9.17, 15) is 4.79 Å². The average Bonchev–Trinajstić information content (AvgIpc) is 2.80. The molecule has 3 aromatic rings. The van der Waals surface area contributed by atoms with E-state index in [1.807, 2.05) is 43.3 Å². The number of Topliss-reactive ketones (excluding diaryl/α,β-unsaturated/α-hetero) is 1. The molecule has 19 heavy (non-hydrogen) atoms. The topological polar surface area (TPSA) is 42.9 Å². The number of rotatable bonds is 3. The first kappa shape index (κ1) is 12.0. The van der Waals surface area contributed by atoms with E-state index >= 15 is 0 Å². The standard InChI is InChI=1S/C15H12N2OS/c1-10-5-4-7-11(16-10)13(18)9-15-17-12-6-2-3-8-14(12)19-15/h2-8H,9H2,1H3. The monoisotopic (exact) mass is 268 g/mol.